The van der Waals surface area contributed by atoms with Crippen molar-refractivity contribution in [2.75, 3.05) is 11.4 Å². The summed E-state index contributed by atoms with van der Waals surface area (Å²) in [6.45, 7) is 4.47. The maximum absolute atomic E-state index is 13.4. The zero-order valence-electron chi connectivity index (χ0n) is 14.1. The van der Waals surface area contributed by atoms with Gasteiger partial charge >= 0.3 is 0 Å². The molecule has 0 saturated carbocycles. The van der Waals surface area contributed by atoms with Gasteiger partial charge in [0.15, 0.2) is 11.6 Å². The smallest absolute Gasteiger partial charge is 0.277 e. The molecule has 25 heavy (non-hydrogen) atoms. The predicted octanol–water partition coefficient (Wildman–Crippen LogP) is 4.79. The van der Waals surface area contributed by atoms with Crippen LogP contribution >= 0.6 is 0 Å². The number of allylic oxidation sites excluding steroid dienone is 1. The topological polar surface area (TPSA) is 32.7 Å². The van der Waals surface area contributed by atoms with E-state index in [2.05, 4.69) is 4.99 Å². The molecule has 0 saturated heterocycles. The Kier molecular flexibility index (Phi) is 4.74. The van der Waals surface area contributed by atoms with Gasteiger partial charge in [-0.3, -0.25) is 4.79 Å². The van der Waals surface area contributed by atoms with Crippen LogP contribution in [0.2, 0.25) is 0 Å². The van der Waals surface area contributed by atoms with Gasteiger partial charge in [0.25, 0.3) is 5.91 Å². The largest absolute Gasteiger partial charge is 0.302 e. The van der Waals surface area contributed by atoms with Crippen LogP contribution in [0.25, 0.3) is 0 Å². The fourth-order valence-corrected chi connectivity index (χ4v) is 2.82. The molecular formula is C20H18F2N2O. The fraction of sp³-hybridized carbons (Fsp3) is 0.200. The second kappa shape index (κ2) is 6.97. The Balaban J connectivity index is 2.05. The van der Waals surface area contributed by atoms with Gasteiger partial charge in [-0.25, -0.2) is 13.8 Å². The van der Waals surface area contributed by atoms with Crippen molar-refractivity contribution < 1.29 is 13.6 Å². The van der Waals surface area contributed by atoms with E-state index in [1.807, 2.05) is 44.2 Å². The third kappa shape index (κ3) is 3.22. The first-order chi connectivity index (χ1) is 12.0. The molecule has 0 spiro atoms. The standard InChI is InChI=1S/C20H18F2N2O/c1-3-13(4-2)12-24-18-8-6-5-7-15(18)19(20(24)25)23-14-9-10-16(21)17(22)11-14/h3,5-11H,4,12H2,1-2H3/b13-3+,23-19?. The highest BCUT2D eigenvalue weighted by molar-refractivity contribution is 6.54. The number of para-hydroxylation sites is 1. The van der Waals surface area contributed by atoms with E-state index >= 15 is 0 Å². The van der Waals surface area contributed by atoms with Gasteiger partial charge in [-0.1, -0.05) is 36.8 Å². The number of rotatable bonds is 4. The number of nitrogens with zero attached hydrogens (tertiary/aromatic N) is 2. The number of halogens is 2. The molecule has 0 N–H and O–H groups in total. The van der Waals surface area contributed by atoms with Crippen molar-refractivity contribution in [1.82, 2.24) is 0 Å². The molecule has 128 valence electrons. The highest BCUT2D eigenvalue weighted by Gasteiger charge is 2.33. The van der Waals surface area contributed by atoms with Crippen molar-refractivity contribution in [3.8, 4) is 0 Å². The van der Waals surface area contributed by atoms with Crippen LogP contribution in [0.5, 0.6) is 0 Å². The third-order valence-electron chi connectivity index (χ3n) is 4.27. The monoisotopic (exact) mass is 340 g/mol. The van der Waals surface area contributed by atoms with Gasteiger partial charge in [-0.2, -0.15) is 0 Å². The zero-order chi connectivity index (χ0) is 18.0. The molecular weight excluding hydrogens is 322 g/mol. The lowest BCUT2D eigenvalue weighted by Crippen LogP contribution is -2.31. The lowest BCUT2D eigenvalue weighted by molar-refractivity contribution is -0.112. The van der Waals surface area contributed by atoms with Gasteiger partial charge in [0.2, 0.25) is 0 Å². The van der Waals surface area contributed by atoms with Crippen molar-refractivity contribution in [2.45, 2.75) is 20.3 Å². The van der Waals surface area contributed by atoms with Crippen LogP contribution < -0.4 is 4.90 Å². The Morgan fingerprint density at radius 2 is 1.92 bits per heavy atom. The van der Waals surface area contributed by atoms with Gasteiger partial charge in [0, 0.05) is 18.2 Å². The molecule has 1 aliphatic heterocycles. The Morgan fingerprint density at radius 1 is 1.16 bits per heavy atom. The summed E-state index contributed by atoms with van der Waals surface area (Å²) in [5.41, 5.74) is 3.07. The summed E-state index contributed by atoms with van der Waals surface area (Å²) in [6, 6.07) is 10.7. The minimum absolute atomic E-state index is 0.209. The number of fused-ring (bicyclic) bond motifs is 1. The SMILES string of the molecule is C/C=C(\CC)CN1C(=O)C(=Nc2ccc(F)c(F)c2)c2ccccc21. The van der Waals surface area contributed by atoms with Crippen molar-refractivity contribution in [3.05, 3.63) is 71.3 Å². The molecule has 3 rings (SSSR count). The summed E-state index contributed by atoms with van der Waals surface area (Å²) < 4.78 is 26.5. The van der Waals surface area contributed by atoms with E-state index in [1.54, 1.807) is 4.90 Å². The third-order valence-corrected chi connectivity index (χ3v) is 4.27. The molecule has 2 aromatic carbocycles. The van der Waals surface area contributed by atoms with Crippen LogP contribution in [0, 0.1) is 11.6 Å². The summed E-state index contributed by atoms with van der Waals surface area (Å²) in [5.74, 6) is -2.16. The van der Waals surface area contributed by atoms with Crippen LogP contribution in [-0.4, -0.2) is 18.2 Å². The van der Waals surface area contributed by atoms with Gasteiger partial charge in [-0.05, 0) is 31.5 Å². The predicted molar refractivity (Wildman–Crippen MR) is 95.4 cm³/mol. The molecule has 5 heteroatoms. The summed E-state index contributed by atoms with van der Waals surface area (Å²) >= 11 is 0. The summed E-state index contributed by atoms with van der Waals surface area (Å²) in [5, 5.41) is 0. The van der Waals surface area contributed by atoms with Crippen molar-refractivity contribution in [2.24, 2.45) is 4.99 Å². The summed E-state index contributed by atoms with van der Waals surface area (Å²) in [7, 11) is 0. The van der Waals surface area contributed by atoms with Crippen molar-refractivity contribution in [1.29, 1.82) is 0 Å². The molecule has 2 aromatic rings. The van der Waals surface area contributed by atoms with Crippen LogP contribution in [0.15, 0.2) is 59.1 Å². The molecule has 1 heterocycles. The first-order valence-corrected chi connectivity index (χ1v) is 8.14. The number of anilines is 1. The molecule has 3 nitrogen and oxygen atoms in total. The molecule has 0 radical (unpaired) electrons. The Hall–Kier alpha value is -2.82. The molecule has 0 aliphatic carbocycles. The van der Waals surface area contributed by atoms with E-state index < -0.39 is 11.6 Å². The number of hydrogen-bond donors (Lipinski definition) is 0. The lowest BCUT2D eigenvalue weighted by Gasteiger charge is -2.18. The minimum atomic E-state index is -0.986. The van der Waals surface area contributed by atoms with Gasteiger partial charge in [0.1, 0.15) is 5.71 Å². The number of amides is 1. The maximum atomic E-state index is 13.4. The first kappa shape index (κ1) is 17.0. The second-order valence-corrected chi connectivity index (χ2v) is 5.77. The normalized spacial score (nSPS) is 15.8. The van der Waals surface area contributed by atoms with E-state index in [0.717, 1.165) is 29.8 Å². The lowest BCUT2D eigenvalue weighted by atomic mass is 10.1. The number of carbonyl (C=O) groups is 1. The van der Waals surface area contributed by atoms with E-state index in [9.17, 15) is 13.6 Å². The Bertz CT molecular complexity index is 887. The molecule has 0 atom stereocenters. The number of benzene rings is 2. The Labute approximate surface area is 145 Å². The number of hydrogen-bond acceptors (Lipinski definition) is 2. The molecule has 0 aromatic heterocycles. The van der Waals surface area contributed by atoms with Crippen molar-refractivity contribution in [3.63, 3.8) is 0 Å². The van der Waals surface area contributed by atoms with E-state index in [-0.39, 0.29) is 17.3 Å². The van der Waals surface area contributed by atoms with E-state index in [0.29, 0.717) is 12.1 Å². The Morgan fingerprint density at radius 3 is 2.60 bits per heavy atom. The fourth-order valence-electron chi connectivity index (χ4n) is 2.82. The van der Waals surface area contributed by atoms with Crippen molar-refractivity contribution >= 4 is 23.0 Å². The number of aliphatic imine (C=N–C) groups is 1. The number of carbonyl (C=O) groups excluding carboxylic acids is 1. The van der Waals surface area contributed by atoms with Gasteiger partial charge in [-0.15, -0.1) is 0 Å². The highest BCUT2D eigenvalue weighted by atomic mass is 19.2. The minimum Gasteiger partial charge on any atom is -0.302 e. The molecule has 1 aliphatic rings. The van der Waals surface area contributed by atoms with Gasteiger partial charge < -0.3 is 4.90 Å². The maximum Gasteiger partial charge on any atom is 0.277 e. The molecule has 0 unspecified atom stereocenters. The summed E-state index contributed by atoms with van der Waals surface area (Å²) in [4.78, 5) is 18.9. The van der Waals surface area contributed by atoms with Crippen LogP contribution in [-0.2, 0) is 4.79 Å². The van der Waals surface area contributed by atoms with Crippen LogP contribution in [0.4, 0.5) is 20.2 Å². The van der Waals surface area contributed by atoms with Crippen LogP contribution in [0.3, 0.4) is 0 Å². The first-order valence-electron chi connectivity index (χ1n) is 8.14. The van der Waals surface area contributed by atoms with Crippen LogP contribution in [0.1, 0.15) is 25.8 Å². The second-order valence-electron chi connectivity index (χ2n) is 5.77. The van der Waals surface area contributed by atoms with Gasteiger partial charge in [0.05, 0.1) is 11.4 Å². The van der Waals surface area contributed by atoms with E-state index in [4.69, 9.17) is 0 Å². The average molecular weight is 340 g/mol. The zero-order valence-corrected chi connectivity index (χ0v) is 14.1. The molecule has 0 bridgehead atoms. The van der Waals surface area contributed by atoms with E-state index in [1.165, 1.54) is 6.07 Å². The highest BCUT2D eigenvalue weighted by Crippen LogP contribution is 2.31. The molecule has 0 fully saturated rings. The molecule has 1 amide bonds. The summed E-state index contributed by atoms with van der Waals surface area (Å²) in [6.07, 6.45) is 2.85. The quantitative estimate of drug-likeness (QED) is 0.737. The average Bonchev–Trinajstić information content (AvgIpc) is 2.88.